The highest BCUT2D eigenvalue weighted by atomic mass is 16.5. The SMILES string of the molecule is O=C(Oc1ccccc1CO)C(c1ccccc1)(c1ccccc1)c1ccccc1. The van der Waals surface area contributed by atoms with Crippen LogP contribution in [0.5, 0.6) is 5.75 Å². The van der Waals surface area contributed by atoms with E-state index in [1.807, 2.05) is 97.1 Å². The number of carbonyl (C=O) groups excluding carboxylic acids is 1. The Bertz CT molecular complexity index is 1010. The fraction of sp³-hybridized carbons (Fsp3) is 0.0741. The first-order valence-corrected chi connectivity index (χ1v) is 9.84. The van der Waals surface area contributed by atoms with Crippen molar-refractivity contribution in [3.63, 3.8) is 0 Å². The Morgan fingerprint density at radius 1 is 0.633 bits per heavy atom. The van der Waals surface area contributed by atoms with Crippen LogP contribution in [0.1, 0.15) is 22.3 Å². The lowest BCUT2D eigenvalue weighted by Crippen LogP contribution is -2.41. The molecule has 1 N–H and O–H groups in total. The molecule has 0 saturated heterocycles. The molecular formula is C27H22O3. The van der Waals surface area contributed by atoms with E-state index in [0.717, 1.165) is 16.7 Å². The summed E-state index contributed by atoms with van der Waals surface area (Å²) in [6, 6.07) is 36.0. The second kappa shape index (κ2) is 8.76. The standard InChI is InChI=1S/C27H22O3/c28-20-21-12-10-11-19-25(21)30-26(29)27(22-13-4-1-5-14-22,23-15-6-2-7-16-23)24-17-8-3-9-18-24/h1-19,28H,20H2. The summed E-state index contributed by atoms with van der Waals surface area (Å²) in [5, 5.41) is 9.69. The van der Waals surface area contributed by atoms with Gasteiger partial charge in [-0.25, -0.2) is 4.79 Å². The second-order valence-electron chi connectivity index (χ2n) is 7.00. The molecule has 148 valence electrons. The topological polar surface area (TPSA) is 46.5 Å². The summed E-state index contributed by atoms with van der Waals surface area (Å²) in [4.78, 5) is 14.0. The summed E-state index contributed by atoms with van der Waals surface area (Å²) in [6.45, 7) is -0.210. The van der Waals surface area contributed by atoms with Crippen LogP contribution in [0.2, 0.25) is 0 Å². The molecule has 0 saturated carbocycles. The molecular weight excluding hydrogens is 372 g/mol. The highest BCUT2D eigenvalue weighted by Gasteiger charge is 2.45. The molecule has 0 aromatic heterocycles. The summed E-state index contributed by atoms with van der Waals surface area (Å²) in [7, 11) is 0. The molecule has 30 heavy (non-hydrogen) atoms. The molecule has 0 bridgehead atoms. The van der Waals surface area contributed by atoms with E-state index in [2.05, 4.69) is 0 Å². The second-order valence-corrected chi connectivity index (χ2v) is 7.00. The van der Waals surface area contributed by atoms with Crippen LogP contribution in [-0.2, 0) is 16.8 Å². The summed E-state index contributed by atoms with van der Waals surface area (Å²) in [5.41, 5.74) is 1.84. The fourth-order valence-corrected chi connectivity index (χ4v) is 3.83. The van der Waals surface area contributed by atoms with Gasteiger partial charge >= 0.3 is 5.97 Å². The van der Waals surface area contributed by atoms with E-state index in [1.165, 1.54) is 0 Å². The lowest BCUT2D eigenvalue weighted by molar-refractivity contribution is -0.138. The van der Waals surface area contributed by atoms with Crippen LogP contribution < -0.4 is 4.74 Å². The predicted octanol–water partition coefficient (Wildman–Crippen LogP) is 5.12. The van der Waals surface area contributed by atoms with Crippen molar-refractivity contribution >= 4 is 5.97 Å². The largest absolute Gasteiger partial charge is 0.425 e. The maximum absolute atomic E-state index is 14.0. The van der Waals surface area contributed by atoms with Gasteiger partial charge in [-0.2, -0.15) is 0 Å². The van der Waals surface area contributed by atoms with E-state index in [0.29, 0.717) is 11.3 Å². The van der Waals surface area contributed by atoms with E-state index in [-0.39, 0.29) is 6.61 Å². The molecule has 0 spiro atoms. The van der Waals surface area contributed by atoms with Crippen LogP contribution in [0, 0.1) is 0 Å². The van der Waals surface area contributed by atoms with Crippen molar-refractivity contribution in [3.8, 4) is 5.75 Å². The van der Waals surface area contributed by atoms with Gasteiger partial charge in [0.1, 0.15) is 11.2 Å². The van der Waals surface area contributed by atoms with E-state index in [4.69, 9.17) is 4.74 Å². The molecule has 4 aromatic carbocycles. The van der Waals surface area contributed by atoms with Crippen molar-refractivity contribution in [2.75, 3.05) is 0 Å². The number of carbonyl (C=O) groups is 1. The Balaban J connectivity index is 1.96. The van der Waals surface area contributed by atoms with Crippen LogP contribution in [0.3, 0.4) is 0 Å². The van der Waals surface area contributed by atoms with Gasteiger partial charge in [0.25, 0.3) is 0 Å². The molecule has 0 radical (unpaired) electrons. The number of esters is 1. The maximum atomic E-state index is 14.0. The first-order valence-electron chi connectivity index (χ1n) is 9.84. The summed E-state index contributed by atoms with van der Waals surface area (Å²) in [6.07, 6.45) is 0. The number of rotatable bonds is 6. The Kier molecular flexibility index (Phi) is 5.73. The first kappa shape index (κ1) is 19.6. The average Bonchev–Trinajstić information content (AvgIpc) is 2.82. The molecule has 0 unspecified atom stereocenters. The number of aliphatic hydroxyl groups is 1. The van der Waals surface area contributed by atoms with E-state index < -0.39 is 11.4 Å². The Morgan fingerprint density at radius 3 is 1.47 bits per heavy atom. The fourth-order valence-electron chi connectivity index (χ4n) is 3.83. The molecule has 3 nitrogen and oxygen atoms in total. The third kappa shape index (κ3) is 3.51. The molecule has 0 aliphatic rings. The van der Waals surface area contributed by atoms with Crippen LogP contribution in [0.15, 0.2) is 115 Å². The van der Waals surface area contributed by atoms with E-state index in [1.54, 1.807) is 18.2 Å². The summed E-state index contributed by atoms with van der Waals surface area (Å²) < 4.78 is 5.97. The predicted molar refractivity (Wildman–Crippen MR) is 117 cm³/mol. The number of hydrogen-bond donors (Lipinski definition) is 1. The van der Waals surface area contributed by atoms with Crippen molar-refractivity contribution in [1.82, 2.24) is 0 Å². The molecule has 4 aromatic rings. The summed E-state index contributed by atoms with van der Waals surface area (Å²) in [5.74, 6) is -0.0656. The van der Waals surface area contributed by atoms with Crippen molar-refractivity contribution in [3.05, 3.63) is 138 Å². The van der Waals surface area contributed by atoms with Gasteiger partial charge in [0, 0.05) is 5.56 Å². The van der Waals surface area contributed by atoms with Crippen LogP contribution >= 0.6 is 0 Å². The van der Waals surface area contributed by atoms with Crippen molar-refractivity contribution in [2.45, 2.75) is 12.0 Å². The van der Waals surface area contributed by atoms with Gasteiger partial charge in [0.2, 0.25) is 0 Å². The van der Waals surface area contributed by atoms with Crippen molar-refractivity contribution in [1.29, 1.82) is 0 Å². The normalized spacial score (nSPS) is 11.1. The minimum atomic E-state index is -1.16. The molecule has 0 amide bonds. The smallest absolute Gasteiger partial charge is 0.331 e. The third-order valence-corrected chi connectivity index (χ3v) is 5.27. The minimum absolute atomic E-state index is 0.210. The molecule has 0 fully saturated rings. The number of ether oxygens (including phenoxy) is 1. The highest BCUT2D eigenvalue weighted by molar-refractivity contribution is 5.93. The highest BCUT2D eigenvalue weighted by Crippen LogP contribution is 2.41. The van der Waals surface area contributed by atoms with Gasteiger partial charge in [-0.3, -0.25) is 0 Å². The average molecular weight is 394 g/mol. The van der Waals surface area contributed by atoms with Gasteiger partial charge in [-0.1, -0.05) is 109 Å². The summed E-state index contributed by atoms with van der Waals surface area (Å²) >= 11 is 0. The lowest BCUT2D eigenvalue weighted by Gasteiger charge is -2.33. The zero-order valence-corrected chi connectivity index (χ0v) is 16.4. The maximum Gasteiger partial charge on any atom is 0.331 e. The quantitative estimate of drug-likeness (QED) is 0.281. The van der Waals surface area contributed by atoms with Crippen LogP contribution in [0.25, 0.3) is 0 Å². The number of hydrogen-bond acceptors (Lipinski definition) is 3. The molecule has 0 atom stereocenters. The van der Waals surface area contributed by atoms with Crippen molar-refractivity contribution < 1.29 is 14.6 Å². The molecule has 0 heterocycles. The van der Waals surface area contributed by atoms with Crippen molar-refractivity contribution in [2.24, 2.45) is 0 Å². The zero-order valence-electron chi connectivity index (χ0n) is 16.4. The minimum Gasteiger partial charge on any atom is -0.425 e. The number of benzene rings is 4. The monoisotopic (exact) mass is 394 g/mol. The molecule has 0 aliphatic carbocycles. The van der Waals surface area contributed by atoms with Gasteiger partial charge < -0.3 is 9.84 Å². The number of para-hydroxylation sites is 1. The number of aliphatic hydroxyl groups excluding tert-OH is 1. The Labute approximate surface area is 176 Å². The first-order chi connectivity index (χ1) is 14.8. The molecule has 0 aliphatic heterocycles. The molecule has 3 heteroatoms. The van der Waals surface area contributed by atoms with E-state index in [9.17, 15) is 9.90 Å². The third-order valence-electron chi connectivity index (χ3n) is 5.27. The Hall–Kier alpha value is -3.69. The van der Waals surface area contributed by atoms with E-state index >= 15 is 0 Å². The van der Waals surface area contributed by atoms with Gasteiger partial charge in [0.15, 0.2) is 0 Å². The van der Waals surface area contributed by atoms with Crippen LogP contribution in [0.4, 0.5) is 0 Å². The van der Waals surface area contributed by atoms with Gasteiger partial charge in [0.05, 0.1) is 6.61 Å². The van der Waals surface area contributed by atoms with Crippen LogP contribution in [-0.4, -0.2) is 11.1 Å². The van der Waals surface area contributed by atoms with Gasteiger partial charge in [-0.15, -0.1) is 0 Å². The molecule has 4 rings (SSSR count). The lowest BCUT2D eigenvalue weighted by atomic mass is 9.69. The van der Waals surface area contributed by atoms with Gasteiger partial charge in [-0.05, 0) is 22.8 Å². The Morgan fingerprint density at radius 2 is 1.03 bits per heavy atom. The zero-order chi connectivity index (χ0) is 20.8.